The average Bonchev–Trinajstić information content (AvgIpc) is 3.01. The molecule has 0 amide bonds. The quantitative estimate of drug-likeness (QED) is 0.815. The van der Waals surface area contributed by atoms with Gasteiger partial charge in [0, 0.05) is 18.5 Å². The summed E-state index contributed by atoms with van der Waals surface area (Å²) in [4.78, 5) is 2.46. The summed E-state index contributed by atoms with van der Waals surface area (Å²) in [6, 6.07) is 13.3. The second-order valence-electron chi connectivity index (χ2n) is 6.18. The number of ether oxygens (including phenoxy) is 1. The number of methoxy groups -OCH3 is 1. The Morgan fingerprint density at radius 1 is 1.16 bits per heavy atom. The van der Waals surface area contributed by atoms with Crippen molar-refractivity contribution in [3.63, 3.8) is 0 Å². The van der Waals surface area contributed by atoms with Crippen LogP contribution in [0.5, 0.6) is 5.75 Å². The van der Waals surface area contributed by atoms with Crippen molar-refractivity contribution in [3.8, 4) is 5.75 Å². The molecule has 1 saturated heterocycles. The maximum Gasteiger partial charge on any atom is 0.119 e. The molecule has 4 rings (SSSR count). The fourth-order valence-electron chi connectivity index (χ4n) is 3.84. The van der Waals surface area contributed by atoms with Crippen molar-refractivity contribution >= 4 is 10.8 Å². The van der Waals surface area contributed by atoms with Gasteiger partial charge in [0.05, 0.1) is 7.11 Å². The van der Waals surface area contributed by atoms with Gasteiger partial charge in [-0.3, -0.25) is 0 Å². The standard InChI is InChI=1S/C17H19NO/c1-18-10-15-9-17(15,11-18)14-5-3-13-8-16(19-2)6-4-12(13)7-14/h3-8,15H,9-11H2,1-2H3. The number of likely N-dealkylation sites (tertiary alicyclic amines) is 1. The van der Waals surface area contributed by atoms with E-state index in [1.54, 1.807) is 7.11 Å². The monoisotopic (exact) mass is 253 g/mol. The summed E-state index contributed by atoms with van der Waals surface area (Å²) >= 11 is 0. The summed E-state index contributed by atoms with van der Waals surface area (Å²) in [6.45, 7) is 2.49. The number of hydrogen-bond acceptors (Lipinski definition) is 2. The first kappa shape index (κ1) is 11.3. The first-order valence-electron chi connectivity index (χ1n) is 6.98. The van der Waals surface area contributed by atoms with Crippen LogP contribution in [-0.4, -0.2) is 32.1 Å². The number of likely N-dealkylation sites (N-methyl/N-ethyl adjacent to an activating group) is 1. The summed E-state index contributed by atoms with van der Waals surface area (Å²) in [5.74, 6) is 1.82. The molecule has 0 aromatic heterocycles. The number of piperidine rings is 1. The third-order valence-corrected chi connectivity index (χ3v) is 4.94. The Balaban J connectivity index is 1.77. The van der Waals surface area contributed by atoms with Crippen LogP contribution in [0, 0.1) is 5.92 Å². The summed E-state index contributed by atoms with van der Waals surface area (Å²) in [7, 11) is 3.96. The van der Waals surface area contributed by atoms with Crippen molar-refractivity contribution in [2.45, 2.75) is 11.8 Å². The lowest BCUT2D eigenvalue weighted by Gasteiger charge is -2.17. The minimum Gasteiger partial charge on any atom is -0.497 e. The first-order chi connectivity index (χ1) is 9.21. The number of nitrogens with zero attached hydrogens (tertiary/aromatic N) is 1. The minimum absolute atomic E-state index is 0.461. The first-order valence-corrected chi connectivity index (χ1v) is 6.98. The highest BCUT2D eigenvalue weighted by Crippen LogP contribution is 2.58. The number of benzene rings is 2. The normalized spacial score (nSPS) is 29.5. The maximum atomic E-state index is 5.29. The van der Waals surface area contributed by atoms with Gasteiger partial charge in [-0.2, -0.15) is 0 Å². The number of hydrogen-bond donors (Lipinski definition) is 0. The van der Waals surface area contributed by atoms with E-state index in [1.807, 2.05) is 0 Å². The van der Waals surface area contributed by atoms with Gasteiger partial charge in [0.1, 0.15) is 5.75 Å². The Kier molecular flexibility index (Phi) is 2.22. The van der Waals surface area contributed by atoms with Gasteiger partial charge in [0.2, 0.25) is 0 Å². The van der Waals surface area contributed by atoms with Gasteiger partial charge < -0.3 is 9.64 Å². The molecule has 2 fully saturated rings. The molecule has 1 aliphatic heterocycles. The highest BCUT2D eigenvalue weighted by atomic mass is 16.5. The predicted molar refractivity (Wildman–Crippen MR) is 77.8 cm³/mol. The van der Waals surface area contributed by atoms with E-state index in [-0.39, 0.29) is 0 Å². The molecule has 1 heterocycles. The highest BCUT2D eigenvalue weighted by molar-refractivity contribution is 5.85. The highest BCUT2D eigenvalue weighted by Gasteiger charge is 2.59. The zero-order chi connectivity index (χ0) is 13.0. The lowest BCUT2D eigenvalue weighted by Crippen LogP contribution is -2.22. The van der Waals surface area contributed by atoms with E-state index in [9.17, 15) is 0 Å². The molecule has 0 radical (unpaired) electrons. The van der Waals surface area contributed by atoms with Crippen molar-refractivity contribution in [1.29, 1.82) is 0 Å². The fourth-order valence-corrected chi connectivity index (χ4v) is 3.84. The number of rotatable bonds is 2. The third kappa shape index (κ3) is 1.59. The summed E-state index contributed by atoms with van der Waals surface area (Å²) in [6.07, 6.45) is 1.37. The van der Waals surface area contributed by atoms with Crippen molar-refractivity contribution in [3.05, 3.63) is 42.0 Å². The van der Waals surface area contributed by atoms with Crippen LogP contribution in [0.1, 0.15) is 12.0 Å². The van der Waals surface area contributed by atoms with Gasteiger partial charge in [0.25, 0.3) is 0 Å². The smallest absolute Gasteiger partial charge is 0.119 e. The third-order valence-electron chi connectivity index (χ3n) is 4.94. The van der Waals surface area contributed by atoms with E-state index < -0.39 is 0 Å². The summed E-state index contributed by atoms with van der Waals surface area (Å²) < 4.78 is 5.29. The zero-order valence-electron chi connectivity index (χ0n) is 11.5. The lowest BCUT2D eigenvalue weighted by atomic mass is 9.93. The molecule has 1 aliphatic carbocycles. The molecule has 0 spiro atoms. The van der Waals surface area contributed by atoms with Crippen molar-refractivity contribution < 1.29 is 4.74 Å². The van der Waals surface area contributed by atoms with Gasteiger partial charge in [-0.05, 0) is 47.9 Å². The van der Waals surface area contributed by atoms with E-state index in [2.05, 4.69) is 48.3 Å². The molecule has 2 aromatic rings. The fraction of sp³-hybridized carbons (Fsp3) is 0.412. The largest absolute Gasteiger partial charge is 0.497 e. The Bertz CT molecular complexity index is 651. The van der Waals surface area contributed by atoms with E-state index in [4.69, 9.17) is 4.74 Å². The molecule has 0 bridgehead atoms. The van der Waals surface area contributed by atoms with Crippen LogP contribution in [0.25, 0.3) is 10.8 Å². The van der Waals surface area contributed by atoms with Crippen LogP contribution >= 0.6 is 0 Å². The van der Waals surface area contributed by atoms with Crippen LogP contribution < -0.4 is 4.74 Å². The molecule has 2 aliphatic rings. The van der Waals surface area contributed by atoms with Crippen LogP contribution in [0.15, 0.2) is 36.4 Å². The molecule has 98 valence electrons. The van der Waals surface area contributed by atoms with Crippen molar-refractivity contribution in [1.82, 2.24) is 4.90 Å². The van der Waals surface area contributed by atoms with Crippen molar-refractivity contribution in [2.24, 2.45) is 5.92 Å². The molecule has 19 heavy (non-hydrogen) atoms. The van der Waals surface area contributed by atoms with Crippen LogP contribution in [0.3, 0.4) is 0 Å². The van der Waals surface area contributed by atoms with Gasteiger partial charge in [-0.15, -0.1) is 0 Å². The Hall–Kier alpha value is -1.54. The van der Waals surface area contributed by atoms with Crippen LogP contribution in [0.2, 0.25) is 0 Å². The van der Waals surface area contributed by atoms with Gasteiger partial charge >= 0.3 is 0 Å². The molecule has 2 nitrogen and oxygen atoms in total. The lowest BCUT2D eigenvalue weighted by molar-refractivity contribution is 0.363. The molecule has 2 aromatic carbocycles. The van der Waals surface area contributed by atoms with E-state index in [0.717, 1.165) is 11.7 Å². The average molecular weight is 253 g/mol. The number of fused-ring (bicyclic) bond motifs is 2. The van der Waals surface area contributed by atoms with Crippen LogP contribution in [0.4, 0.5) is 0 Å². The predicted octanol–water partition coefficient (Wildman–Crippen LogP) is 3.05. The molecule has 2 heteroatoms. The van der Waals surface area contributed by atoms with E-state index in [0.29, 0.717) is 5.41 Å². The Morgan fingerprint density at radius 2 is 1.95 bits per heavy atom. The SMILES string of the molecule is COc1ccc2cc(C34CC3CN(C)C4)ccc2c1. The second kappa shape index (κ2) is 3.73. The maximum absolute atomic E-state index is 5.29. The molecule has 0 N–H and O–H groups in total. The summed E-state index contributed by atoms with van der Waals surface area (Å²) in [5.41, 5.74) is 1.99. The second-order valence-corrected chi connectivity index (χ2v) is 6.18. The van der Waals surface area contributed by atoms with Crippen LogP contribution in [-0.2, 0) is 5.41 Å². The Labute approximate surface area is 114 Å². The van der Waals surface area contributed by atoms with Gasteiger partial charge in [0.15, 0.2) is 0 Å². The van der Waals surface area contributed by atoms with Gasteiger partial charge in [-0.1, -0.05) is 24.3 Å². The van der Waals surface area contributed by atoms with Gasteiger partial charge in [-0.25, -0.2) is 0 Å². The molecule has 2 atom stereocenters. The molecule has 2 unspecified atom stereocenters. The molecular formula is C17H19NO. The van der Waals surface area contributed by atoms with Crippen molar-refractivity contribution in [2.75, 3.05) is 27.2 Å². The molecule has 1 saturated carbocycles. The van der Waals surface area contributed by atoms with E-state index in [1.165, 1.54) is 35.8 Å². The minimum atomic E-state index is 0.461. The molecular weight excluding hydrogens is 234 g/mol. The summed E-state index contributed by atoms with van der Waals surface area (Å²) in [5, 5.41) is 2.59. The van der Waals surface area contributed by atoms with E-state index >= 15 is 0 Å². The topological polar surface area (TPSA) is 12.5 Å². The zero-order valence-corrected chi connectivity index (χ0v) is 11.5. The Morgan fingerprint density at radius 3 is 2.68 bits per heavy atom.